The van der Waals surface area contributed by atoms with Crippen molar-refractivity contribution in [2.75, 3.05) is 0 Å². The van der Waals surface area contributed by atoms with Gasteiger partial charge < -0.3 is 15.5 Å². The maximum atomic E-state index is 12.6. The van der Waals surface area contributed by atoms with E-state index in [4.69, 9.17) is 10.2 Å². The third-order valence-electron chi connectivity index (χ3n) is 3.54. The Morgan fingerprint density at radius 1 is 1.35 bits per heavy atom. The zero-order valence-corrected chi connectivity index (χ0v) is 14.1. The number of hydrogen-bond donors (Lipinski definition) is 3. The van der Waals surface area contributed by atoms with Crippen molar-refractivity contribution < 1.29 is 18.8 Å². The zero-order valence-electron chi connectivity index (χ0n) is 13.3. The third kappa shape index (κ3) is 3.95. The molecule has 0 aliphatic carbocycles. The molecule has 4 N–H and O–H groups in total. The molecular formula is C15H14N6O4S. The second-order valence-electron chi connectivity index (χ2n) is 5.32. The van der Waals surface area contributed by atoms with Crippen molar-refractivity contribution in [2.45, 2.75) is 18.5 Å². The molecule has 0 fully saturated rings. The minimum absolute atomic E-state index is 0.0676. The first-order valence-corrected chi connectivity index (χ1v) is 8.25. The molecule has 0 aromatic carbocycles. The minimum Gasteiger partial charge on any atom is -0.472 e. The number of nitrogens with two attached hydrogens (primary N) is 1. The number of aromatic nitrogens is 2. The highest BCUT2D eigenvalue weighted by Gasteiger charge is 2.35. The van der Waals surface area contributed by atoms with E-state index in [9.17, 15) is 14.4 Å². The first-order valence-electron chi connectivity index (χ1n) is 7.48. The maximum Gasteiger partial charge on any atom is 0.287 e. The molecular weight excluding hydrogens is 360 g/mol. The van der Waals surface area contributed by atoms with Crippen LogP contribution >= 0.6 is 12.1 Å². The lowest BCUT2D eigenvalue weighted by atomic mass is 10.0. The van der Waals surface area contributed by atoms with Gasteiger partial charge in [-0.05, 0) is 17.7 Å². The molecule has 0 spiro atoms. The largest absolute Gasteiger partial charge is 0.472 e. The van der Waals surface area contributed by atoms with Gasteiger partial charge in [-0.2, -0.15) is 4.40 Å². The summed E-state index contributed by atoms with van der Waals surface area (Å²) < 4.78 is 11.9. The molecule has 1 aliphatic rings. The van der Waals surface area contributed by atoms with Crippen LogP contribution in [0.2, 0.25) is 0 Å². The molecule has 2 aromatic heterocycles. The quantitative estimate of drug-likeness (QED) is 0.419. The third-order valence-corrected chi connectivity index (χ3v) is 4.17. The fourth-order valence-corrected chi connectivity index (χ4v) is 2.96. The number of carbonyl (C=O) groups is 3. The lowest BCUT2D eigenvalue weighted by Gasteiger charge is -2.18. The molecule has 2 atom stereocenters. The number of nitrogens with one attached hydrogen (secondary N) is 2. The Balaban J connectivity index is 1.75. The molecule has 2 amide bonds. The first kappa shape index (κ1) is 17.8. The second-order valence-corrected chi connectivity index (χ2v) is 5.92. The van der Waals surface area contributed by atoms with Crippen molar-refractivity contribution in [3.05, 3.63) is 48.4 Å². The molecule has 0 saturated heterocycles. The molecule has 0 saturated carbocycles. The number of hydrogen-bond acceptors (Lipinski definition) is 9. The van der Waals surface area contributed by atoms with E-state index in [1.807, 2.05) is 0 Å². The van der Waals surface area contributed by atoms with Crippen LogP contribution in [0.1, 0.15) is 11.4 Å². The van der Waals surface area contributed by atoms with Gasteiger partial charge in [0, 0.05) is 18.8 Å². The number of nitrogens with zero attached hydrogens (tertiary/aromatic N) is 3. The van der Waals surface area contributed by atoms with Crippen molar-refractivity contribution in [2.24, 2.45) is 10.1 Å². The number of Topliss-reactive ketones (excluding diaryl/α,β-unsaturated/α-hetero) is 1. The summed E-state index contributed by atoms with van der Waals surface area (Å²) >= 11 is 0.966. The Bertz CT molecular complexity index is 839. The Morgan fingerprint density at radius 2 is 2.12 bits per heavy atom. The highest BCUT2D eigenvalue weighted by Crippen LogP contribution is 2.15. The summed E-state index contributed by atoms with van der Waals surface area (Å²) in [5, 5.41) is 2.53. The Labute approximate surface area is 151 Å². The average Bonchev–Trinajstić information content (AvgIpc) is 3.32. The number of amides is 2. The summed E-state index contributed by atoms with van der Waals surface area (Å²) in [6, 6.07) is 1.26. The molecule has 3 rings (SSSR count). The van der Waals surface area contributed by atoms with E-state index in [0.29, 0.717) is 11.3 Å². The minimum atomic E-state index is -1.13. The molecule has 11 heteroatoms. The van der Waals surface area contributed by atoms with E-state index in [0.717, 1.165) is 12.1 Å². The summed E-state index contributed by atoms with van der Waals surface area (Å²) in [7, 11) is 0. The normalized spacial score (nSPS) is 17.4. The van der Waals surface area contributed by atoms with E-state index < -0.39 is 29.7 Å². The van der Waals surface area contributed by atoms with Gasteiger partial charge in [0.2, 0.25) is 11.7 Å². The predicted molar refractivity (Wildman–Crippen MR) is 91.6 cm³/mol. The summed E-state index contributed by atoms with van der Waals surface area (Å²) in [5.41, 5.74) is 6.05. The van der Waals surface area contributed by atoms with Crippen LogP contribution in [0.25, 0.3) is 0 Å². The van der Waals surface area contributed by atoms with E-state index in [2.05, 4.69) is 24.4 Å². The van der Waals surface area contributed by atoms with Crippen molar-refractivity contribution in [1.82, 2.24) is 20.0 Å². The SMILES string of the molecule is NC(=O)C(=O)C(Cc1ccoc1)NC(=O)C1NSN=C1c1ncccn1. The maximum absolute atomic E-state index is 12.6. The average molecular weight is 374 g/mol. The van der Waals surface area contributed by atoms with Crippen LogP contribution in [0.3, 0.4) is 0 Å². The Kier molecular flexibility index (Phi) is 5.39. The van der Waals surface area contributed by atoms with Gasteiger partial charge in [-0.15, -0.1) is 0 Å². The lowest BCUT2D eigenvalue weighted by molar-refractivity contribution is -0.138. The molecule has 0 bridgehead atoms. The molecule has 2 unspecified atom stereocenters. The predicted octanol–water partition coefficient (Wildman–Crippen LogP) is -0.824. The number of carbonyl (C=O) groups excluding carboxylic acids is 3. The van der Waals surface area contributed by atoms with Crippen LogP contribution in [0, 0.1) is 0 Å². The highest BCUT2D eigenvalue weighted by atomic mass is 32.2. The number of rotatable bonds is 7. The molecule has 2 aromatic rings. The molecule has 26 heavy (non-hydrogen) atoms. The van der Waals surface area contributed by atoms with Gasteiger partial charge >= 0.3 is 0 Å². The smallest absolute Gasteiger partial charge is 0.287 e. The fourth-order valence-electron chi connectivity index (χ4n) is 2.30. The monoisotopic (exact) mass is 374 g/mol. The Hall–Kier alpha value is -3.05. The van der Waals surface area contributed by atoms with Gasteiger partial charge in [-0.25, -0.2) is 14.7 Å². The van der Waals surface area contributed by atoms with Gasteiger partial charge in [0.25, 0.3) is 5.91 Å². The van der Waals surface area contributed by atoms with E-state index in [1.54, 1.807) is 12.1 Å². The van der Waals surface area contributed by atoms with Crippen LogP contribution in [0.5, 0.6) is 0 Å². The molecule has 3 heterocycles. The van der Waals surface area contributed by atoms with E-state index in [1.165, 1.54) is 24.9 Å². The standard InChI is InChI=1S/C15H14N6O4S/c16-13(23)12(22)9(6-8-2-5-25-7-8)19-15(24)11-10(20-26-21-11)14-17-3-1-4-18-14/h1-5,7,9,11,21H,6H2,(H2,16,23)(H,19,24). The summed E-state index contributed by atoms with van der Waals surface area (Å²) in [6.07, 6.45) is 5.97. The van der Waals surface area contributed by atoms with Crippen molar-refractivity contribution in [3.8, 4) is 0 Å². The molecule has 134 valence electrons. The van der Waals surface area contributed by atoms with Crippen LogP contribution in [-0.4, -0.2) is 45.4 Å². The zero-order chi connectivity index (χ0) is 18.5. The lowest BCUT2D eigenvalue weighted by Crippen LogP contribution is -2.53. The van der Waals surface area contributed by atoms with Gasteiger partial charge in [-0.3, -0.25) is 14.4 Å². The molecule has 10 nitrogen and oxygen atoms in total. The molecule has 0 radical (unpaired) electrons. The van der Waals surface area contributed by atoms with Gasteiger partial charge in [0.05, 0.1) is 24.7 Å². The van der Waals surface area contributed by atoms with Crippen LogP contribution in [-0.2, 0) is 20.8 Å². The summed E-state index contributed by atoms with van der Waals surface area (Å²) in [4.78, 5) is 44.1. The fraction of sp³-hybridized carbons (Fsp3) is 0.200. The van der Waals surface area contributed by atoms with Crippen molar-refractivity contribution in [3.63, 3.8) is 0 Å². The van der Waals surface area contributed by atoms with Crippen LogP contribution in [0.4, 0.5) is 0 Å². The first-order chi connectivity index (χ1) is 12.6. The number of primary amides is 1. The van der Waals surface area contributed by atoms with E-state index in [-0.39, 0.29) is 12.2 Å². The topological polar surface area (TPSA) is 153 Å². The van der Waals surface area contributed by atoms with Crippen LogP contribution in [0.15, 0.2) is 45.9 Å². The summed E-state index contributed by atoms with van der Waals surface area (Å²) in [6.45, 7) is 0. The van der Waals surface area contributed by atoms with Crippen molar-refractivity contribution in [1.29, 1.82) is 0 Å². The van der Waals surface area contributed by atoms with Gasteiger partial charge in [0.15, 0.2) is 5.82 Å². The number of furan rings is 1. The van der Waals surface area contributed by atoms with E-state index >= 15 is 0 Å². The molecule has 1 aliphatic heterocycles. The van der Waals surface area contributed by atoms with Crippen molar-refractivity contribution >= 4 is 35.4 Å². The number of ketones is 1. The summed E-state index contributed by atoms with van der Waals surface area (Å²) in [5.74, 6) is -2.30. The highest BCUT2D eigenvalue weighted by molar-refractivity contribution is 7.96. The van der Waals surface area contributed by atoms with Gasteiger partial charge in [-0.1, -0.05) is 0 Å². The van der Waals surface area contributed by atoms with Gasteiger partial charge in [0.1, 0.15) is 17.8 Å². The van der Waals surface area contributed by atoms with Crippen LogP contribution < -0.4 is 15.8 Å². The Morgan fingerprint density at radius 3 is 2.77 bits per heavy atom. The second kappa shape index (κ2) is 7.89.